The minimum absolute atomic E-state index is 0.237. The van der Waals surface area contributed by atoms with Crippen LogP contribution in [0.4, 0.5) is 10.5 Å². The number of benzene rings is 1. The van der Waals surface area contributed by atoms with Gasteiger partial charge in [0.1, 0.15) is 5.75 Å². The predicted octanol–water partition coefficient (Wildman–Crippen LogP) is 3.00. The van der Waals surface area contributed by atoms with Crippen LogP contribution in [-0.4, -0.2) is 43.6 Å². The summed E-state index contributed by atoms with van der Waals surface area (Å²) in [7, 11) is 3.54. The molecular weight excluding hydrogens is 306 g/mol. The number of ether oxygens (including phenoxy) is 1. The first-order valence-corrected chi connectivity index (χ1v) is 8.53. The van der Waals surface area contributed by atoms with Gasteiger partial charge in [-0.2, -0.15) is 0 Å². The van der Waals surface area contributed by atoms with Gasteiger partial charge in [-0.05, 0) is 44.2 Å². The lowest BCUT2D eigenvalue weighted by Gasteiger charge is -2.26. The summed E-state index contributed by atoms with van der Waals surface area (Å²) in [5.41, 5.74) is 0.609. The van der Waals surface area contributed by atoms with E-state index in [1.807, 2.05) is 7.05 Å². The second-order valence-electron chi connectivity index (χ2n) is 6.29. The SMILES string of the molecule is COc1ccc(NC(=O)NC(=O)CN(C)C2CCCCCC2)cc1. The molecule has 0 heterocycles. The van der Waals surface area contributed by atoms with Crippen molar-refractivity contribution in [1.29, 1.82) is 0 Å². The summed E-state index contributed by atoms with van der Waals surface area (Å²) in [4.78, 5) is 26.0. The zero-order chi connectivity index (χ0) is 17.4. The average Bonchev–Trinajstić information content (AvgIpc) is 2.84. The van der Waals surface area contributed by atoms with E-state index in [9.17, 15) is 9.59 Å². The van der Waals surface area contributed by atoms with Gasteiger partial charge in [0.25, 0.3) is 0 Å². The number of likely N-dealkylation sites (N-methyl/N-ethyl adjacent to an activating group) is 1. The van der Waals surface area contributed by atoms with Gasteiger partial charge in [0.2, 0.25) is 5.91 Å². The standard InChI is InChI=1S/C18H27N3O3/c1-21(15-7-5-3-4-6-8-15)13-17(22)20-18(23)19-14-9-11-16(24-2)12-10-14/h9-12,15H,3-8,13H2,1-2H3,(H2,19,20,22,23). The summed E-state index contributed by atoms with van der Waals surface area (Å²) < 4.78 is 5.06. The Hall–Kier alpha value is -2.08. The van der Waals surface area contributed by atoms with Crippen molar-refractivity contribution in [2.45, 2.75) is 44.6 Å². The Morgan fingerprint density at radius 1 is 1.12 bits per heavy atom. The van der Waals surface area contributed by atoms with Crippen molar-refractivity contribution in [2.75, 3.05) is 26.0 Å². The highest BCUT2D eigenvalue weighted by molar-refractivity contribution is 6.01. The van der Waals surface area contributed by atoms with E-state index >= 15 is 0 Å². The predicted molar refractivity (Wildman–Crippen MR) is 94.3 cm³/mol. The maximum Gasteiger partial charge on any atom is 0.325 e. The van der Waals surface area contributed by atoms with Crippen LogP contribution in [0.3, 0.4) is 0 Å². The first-order chi connectivity index (χ1) is 11.6. The number of urea groups is 1. The number of methoxy groups -OCH3 is 1. The molecule has 0 bridgehead atoms. The number of imide groups is 1. The maximum absolute atomic E-state index is 12.0. The quantitative estimate of drug-likeness (QED) is 0.813. The van der Waals surface area contributed by atoms with E-state index in [1.165, 1.54) is 25.7 Å². The minimum atomic E-state index is -0.514. The number of hydrogen-bond acceptors (Lipinski definition) is 4. The normalized spacial score (nSPS) is 15.6. The van der Waals surface area contributed by atoms with Crippen LogP contribution in [0.1, 0.15) is 38.5 Å². The summed E-state index contributed by atoms with van der Waals surface area (Å²) >= 11 is 0. The molecule has 132 valence electrons. The van der Waals surface area contributed by atoms with Crippen molar-refractivity contribution < 1.29 is 14.3 Å². The van der Waals surface area contributed by atoms with Crippen LogP contribution in [-0.2, 0) is 4.79 Å². The van der Waals surface area contributed by atoms with Crippen LogP contribution >= 0.6 is 0 Å². The molecule has 0 saturated heterocycles. The molecule has 0 aliphatic heterocycles. The van der Waals surface area contributed by atoms with Crippen molar-refractivity contribution >= 4 is 17.6 Å². The largest absolute Gasteiger partial charge is 0.497 e. The molecule has 0 atom stereocenters. The van der Waals surface area contributed by atoms with E-state index in [2.05, 4.69) is 15.5 Å². The highest BCUT2D eigenvalue weighted by atomic mass is 16.5. The molecule has 2 N–H and O–H groups in total. The third-order valence-electron chi connectivity index (χ3n) is 4.44. The molecule has 1 aromatic rings. The van der Waals surface area contributed by atoms with Gasteiger partial charge < -0.3 is 10.1 Å². The van der Waals surface area contributed by atoms with Gasteiger partial charge in [0.15, 0.2) is 0 Å². The van der Waals surface area contributed by atoms with Crippen LogP contribution in [0.15, 0.2) is 24.3 Å². The summed E-state index contributed by atoms with van der Waals surface area (Å²) in [5, 5.41) is 5.02. The molecule has 0 unspecified atom stereocenters. The van der Waals surface area contributed by atoms with Crippen LogP contribution < -0.4 is 15.4 Å². The van der Waals surface area contributed by atoms with Crippen molar-refractivity contribution in [3.05, 3.63) is 24.3 Å². The lowest BCUT2D eigenvalue weighted by molar-refractivity contribution is -0.121. The maximum atomic E-state index is 12.0. The van der Waals surface area contributed by atoms with E-state index in [1.54, 1.807) is 31.4 Å². The van der Waals surface area contributed by atoms with Crippen molar-refractivity contribution in [3.8, 4) is 5.75 Å². The third-order valence-corrected chi connectivity index (χ3v) is 4.44. The fourth-order valence-corrected chi connectivity index (χ4v) is 3.06. The Morgan fingerprint density at radius 3 is 2.33 bits per heavy atom. The molecule has 0 spiro atoms. The first-order valence-electron chi connectivity index (χ1n) is 8.53. The lowest BCUT2D eigenvalue weighted by atomic mass is 10.1. The summed E-state index contributed by atoms with van der Waals surface area (Å²) in [6.07, 6.45) is 7.24. The summed E-state index contributed by atoms with van der Waals surface area (Å²) in [5.74, 6) is 0.426. The molecule has 0 radical (unpaired) electrons. The Bertz CT molecular complexity index is 537. The van der Waals surface area contributed by atoms with E-state index in [0.29, 0.717) is 17.5 Å². The topological polar surface area (TPSA) is 70.7 Å². The first kappa shape index (κ1) is 18.3. The Morgan fingerprint density at radius 2 is 1.75 bits per heavy atom. The Balaban J connectivity index is 1.76. The van der Waals surface area contributed by atoms with Gasteiger partial charge in [-0.15, -0.1) is 0 Å². The van der Waals surface area contributed by atoms with E-state index < -0.39 is 6.03 Å². The van der Waals surface area contributed by atoms with E-state index in [0.717, 1.165) is 12.8 Å². The second-order valence-corrected chi connectivity index (χ2v) is 6.29. The number of nitrogens with one attached hydrogen (secondary N) is 2. The average molecular weight is 333 g/mol. The monoisotopic (exact) mass is 333 g/mol. The lowest BCUT2D eigenvalue weighted by Crippen LogP contribution is -2.43. The number of anilines is 1. The zero-order valence-corrected chi connectivity index (χ0v) is 14.5. The Kier molecular flexibility index (Phi) is 7.06. The van der Waals surface area contributed by atoms with Crippen molar-refractivity contribution in [1.82, 2.24) is 10.2 Å². The van der Waals surface area contributed by atoms with Gasteiger partial charge in [0, 0.05) is 11.7 Å². The fraction of sp³-hybridized carbons (Fsp3) is 0.556. The molecule has 6 nitrogen and oxygen atoms in total. The molecule has 0 aromatic heterocycles. The number of rotatable bonds is 5. The smallest absolute Gasteiger partial charge is 0.325 e. The molecule has 1 saturated carbocycles. The molecule has 1 aliphatic carbocycles. The number of carbonyl (C=O) groups excluding carboxylic acids is 2. The number of hydrogen-bond donors (Lipinski definition) is 2. The van der Waals surface area contributed by atoms with Gasteiger partial charge in [-0.25, -0.2) is 4.79 Å². The van der Waals surface area contributed by atoms with Crippen molar-refractivity contribution in [3.63, 3.8) is 0 Å². The molecule has 1 fully saturated rings. The molecular formula is C18H27N3O3. The van der Waals surface area contributed by atoms with Crippen LogP contribution in [0, 0.1) is 0 Å². The molecule has 1 aromatic carbocycles. The highest BCUT2D eigenvalue weighted by Gasteiger charge is 2.19. The van der Waals surface area contributed by atoms with Crippen molar-refractivity contribution in [2.24, 2.45) is 0 Å². The minimum Gasteiger partial charge on any atom is -0.497 e. The Labute approximate surface area is 143 Å². The molecule has 3 amide bonds. The van der Waals surface area contributed by atoms with Crippen LogP contribution in [0.5, 0.6) is 5.75 Å². The highest BCUT2D eigenvalue weighted by Crippen LogP contribution is 2.20. The summed E-state index contributed by atoms with van der Waals surface area (Å²) in [6.45, 7) is 0.237. The van der Waals surface area contributed by atoms with Crippen LogP contribution in [0.2, 0.25) is 0 Å². The number of carbonyl (C=O) groups is 2. The van der Waals surface area contributed by atoms with Crippen LogP contribution in [0.25, 0.3) is 0 Å². The fourth-order valence-electron chi connectivity index (χ4n) is 3.06. The molecule has 1 aliphatic rings. The second kappa shape index (κ2) is 9.27. The molecule has 24 heavy (non-hydrogen) atoms. The van der Waals surface area contributed by atoms with Gasteiger partial charge in [-0.1, -0.05) is 25.7 Å². The van der Waals surface area contributed by atoms with E-state index in [-0.39, 0.29) is 12.5 Å². The van der Waals surface area contributed by atoms with Gasteiger partial charge in [-0.3, -0.25) is 15.0 Å². The van der Waals surface area contributed by atoms with Gasteiger partial charge >= 0.3 is 6.03 Å². The molecule has 6 heteroatoms. The van der Waals surface area contributed by atoms with E-state index in [4.69, 9.17) is 4.74 Å². The zero-order valence-electron chi connectivity index (χ0n) is 14.5. The summed E-state index contributed by atoms with van der Waals surface area (Å²) in [6, 6.07) is 6.86. The third kappa shape index (κ3) is 5.85. The number of nitrogens with zero attached hydrogens (tertiary/aromatic N) is 1. The molecule has 2 rings (SSSR count). The van der Waals surface area contributed by atoms with Gasteiger partial charge in [0.05, 0.1) is 13.7 Å². The number of amides is 3.